The Bertz CT molecular complexity index is 971. The molecule has 1 aliphatic rings. The molecule has 1 N–H and O–H groups in total. The van der Waals surface area contributed by atoms with Gasteiger partial charge in [0.1, 0.15) is 17.2 Å². The van der Waals surface area contributed by atoms with Crippen LogP contribution in [0.25, 0.3) is 11.1 Å². The third-order valence-electron chi connectivity index (χ3n) is 5.60. The van der Waals surface area contributed by atoms with Crippen molar-refractivity contribution in [2.75, 3.05) is 27.9 Å². The summed E-state index contributed by atoms with van der Waals surface area (Å²) in [6.45, 7) is 0.952. The van der Waals surface area contributed by atoms with Gasteiger partial charge in [-0.1, -0.05) is 42.5 Å². The van der Waals surface area contributed by atoms with E-state index < -0.39 is 0 Å². The van der Waals surface area contributed by atoms with Gasteiger partial charge in [0.2, 0.25) is 0 Å². The molecule has 4 rings (SSSR count). The van der Waals surface area contributed by atoms with E-state index >= 15 is 0 Å². The zero-order valence-electron chi connectivity index (χ0n) is 17.6. The van der Waals surface area contributed by atoms with E-state index in [1.165, 1.54) is 16.7 Å². The van der Waals surface area contributed by atoms with E-state index in [0.717, 1.165) is 47.8 Å². The van der Waals surface area contributed by atoms with Crippen LogP contribution in [-0.4, -0.2) is 27.9 Å². The van der Waals surface area contributed by atoms with Crippen LogP contribution in [0.3, 0.4) is 0 Å². The molecule has 0 fully saturated rings. The Morgan fingerprint density at radius 3 is 2.30 bits per heavy atom. The van der Waals surface area contributed by atoms with Crippen molar-refractivity contribution in [1.82, 2.24) is 5.32 Å². The number of nitrogens with one attached hydrogen (secondary N) is 1. The van der Waals surface area contributed by atoms with Crippen LogP contribution in [0.2, 0.25) is 0 Å². The number of para-hydroxylation sites is 1. The lowest BCUT2D eigenvalue weighted by atomic mass is 9.89. The molecule has 1 unspecified atom stereocenters. The molecule has 0 aromatic heterocycles. The Morgan fingerprint density at radius 1 is 0.867 bits per heavy atom. The predicted molar refractivity (Wildman–Crippen MR) is 123 cm³/mol. The maximum Gasteiger partial charge on any atom is 0.127 e. The molecule has 1 aliphatic heterocycles. The smallest absolute Gasteiger partial charge is 0.127 e. The number of ether oxygens (including phenoxy) is 3. The first-order valence-electron chi connectivity index (χ1n) is 9.94. The largest absolute Gasteiger partial charge is 0.497 e. The zero-order valence-corrected chi connectivity index (χ0v) is 18.4. The summed E-state index contributed by atoms with van der Waals surface area (Å²) >= 11 is 0. The summed E-state index contributed by atoms with van der Waals surface area (Å²) in [5.41, 5.74) is 6.10. The molecular formula is C25H28ClNO3. The molecule has 30 heavy (non-hydrogen) atoms. The third-order valence-corrected chi connectivity index (χ3v) is 5.60. The minimum absolute atomic E-state index is 0. The summed E-state index contributed by atoms with van der Waals surface area (Å²) < 4.78 is 16.6. The van der Waals surface area contributed by atoms with Gasteiger partial charge in [0.25, 0.3) is 0 Å². The molecule has 1 atom stereocenters. The second-order valence-corrected chi connectivity index (χ2v) is 7.26. The van der Waals surface area contributed by atoms with Crippen molar-refractivity contribution in [2.45, 2.75) is 18.9 Å². The Kier molecular flexibility index (Phi) is 7.24. The zero-order chi connectivity index (χ0) is 20.2. The highest BCUT2D eigenvalue weighted by molar-refractivity contribution is 5.85. The number of hydrogen-bond donors (Lipinski definition) is 1. The van der Waals surface area contributed by atoms with E-state index in [2.05, 4.69) is 41.7 Å². The second kappa shape index (κ2) is 9.88. The molecule has 158 valence electrons. The lowest BCUT2D eigenvalue weighted by Crippen LogP contribution is -2.31. The summed E-state index contributed by atoms with van der Waals surface area (Å²) in [5, 5.41) is 3.66. The monoisotopic (exact) mass is 425 g/mol. The molecule has 0 saturated heterocycles. The molecule has 0 amide bonds. The highest BCUT2D eigenvalue weighted by Gasteiger charge is 2.25. The summed E-state index contributed by atoms with van der Waals surface area (Å²) in [7, 11) is 5.13. The molecule has 0 radical (unpaired) electrons. The van der Waals surface area contributed by atoms with Gasteiger partial charge in [-0.3, -0.25) is 0 Å². The Labute approximate surface area is 184 Å². The van der Waals surface area contributed by atoms with Gasteiger partial charge in [0.15, 0.2) is 0 Å². The number of halogens is 1. The Morgan fingerprint density at radius 2 is 1.60 bits per heavy atom. The lowest BCUT2D eigenvalue weighted by Gasteiger charge is -2.29. The fraction of sp³-hybridized carbons (Fsp3) is 0.280. The molecule has 4 nitrogen and oxygen atoms in total. The van der Waals surface area contributed by atoms with Crippen LogP contribution in [0.1, 0.15) is 22.7 Å². The number of rotatable bonds is 6. The SMILES string of the molecule is COc1cc2c(c(OC)c1)C(Cc1ccc(-c3ccccc3OC)cc1)NCC2.Cl. The number of benzene rings is 3. The van der Waals surface area contributed by atoms with Gasteiger partial charge in [-0.15, -0.1) is 12.4 Å². The van der Waals surface area contributed by atoms with Crippen LogP contribution in [0.4, 0.5) is 0 Å². The fourth-order valence-electron chi connectivity index (χ4n) is 4.14. The van der Waals surface area contributed by atoms with Crippen molar-refractivity contribution in [1.29, 1.82) is 0 Å². The van der Waals surface area contributed by atoms with E-state index in [9.17, 15) is 0 Å². The quantitative estimate of drug-likeness (QED) is 0.587. The molecule has 0 spiro atoms. The summed E-state index contributed by atoms with van der Waals surface area (Å²) in [6.07, 6.45) is 1.88. The van der Waals surface area contributed by atoms with Gasteiger partial charge in [0, 0.05) is 23.2 Å². The summed E-state index contributed by atoms with van der Waals surface area (Å²) in [5.74, 6) is 2.63. The standard InChI is InChI=1S/C25H27NO3.ClH/c1-27-20-15-19-12-13-26-22(25(19)24(16-20)29-3)14-17-8-10-18(11-9-17)21-6-4-5-7-23(21)28-2;/h4-11,15-16,22,26H,12-14H2,1-3H3;1H. The van der Waals surface area contributed by atoms with E-state index in [4.69, 9.17) is 14.2 Å². The average molecular weight is 426 g/mol. The van der Waals surface area contributed by atoms with Crippen molar-refractivity contribution < 1.29 is 14.2 Å². The van der Waals surface area contributed by atoms with Gasteiger partial charge < -0.3 is 19.5 Å². The second-order valence-electron chi connectivity index (χ2n) is 7.26. The molecule has 3 aromatic carbocycles. The van der Waals surface area contributed by atoms with Crippen molar-refractivity contribution in [3.05, 3.63) is 77.4 Å². The van der Waals surface area contributed by atoms with E-state index in [1.54, 1.807) is 21.3 Å². The van der Waals surface area contributed by atoms with Gasteiger partial charge in [-0.05, 0) is 48.2 Å². The van der Waals surface area contributed by atoms with E-state index in [-0.39, 0.29) is 18.4 Å². The van der Waals surface area contributed by atoms with Crippen LogP contribution >= 0.6 is 12.4 Å². The maximum absolute atomic E-state index is 5.69. The number of hydrogen-bond acceptors (Lipinski definition) is 4. The van der Waals surface area contributed by atoms with Gasteiger partial charge >= 0.3 is 0 Å². The van der Waals surface area contributed by atoms with Crippen LogP contribution in [-0.2, 0) is 12.8 Å². The van der Waals surface area contributed by atoms with Crippen molar-refractivity contribution in [2.24, 2.45) is 0 Å². The first kappa shape index (κ1) is 22.0. The Hall–Kier alpha value is -2.69. The average Bonchev–Trinajstić information content (AvgIpc) is 2.78. The molecule has 0 bridgehead atoms. The van der Waals surface area contributed by atoms with Crippen LogP contribution in [0.5, 0.6) is 17.2 Å². The summed E-state index contributed by atoms with van der Waals surface area (Å²) in [4.78, 5) is 0. The predicted octanol–water partition coefficient (Wildman–Crippen LogP) is 5.23. The van der Waals surface area contributed by atoms with Crippen molar-refractivity contribution in [3.8, 4) is 28.4 Å². The molecule has 0 aliphatic carbocycles. The molecule has 0 saturated carbocycles. The summed E-state index contributed by atoms with van der Waals surface area (Å²) in [6, 6.07) is 21.2. The lowest BCUT2D eigenvalue weighted by molar-refractivity contribution is 0.377. The molecule has 1 heterocycles. The first-order chi connectivity index (χ1) is 14.2. The first-order valence-corrected chi connectivity index (χ1v) is 9.94. The number of fused-ring (bicyclic) bond motifs is 1. The van der Waals surface area contributed by atoms with Crippen LogP contribution in [0.15, 0.2) is 60.7 Å². The van der Waals surface area contributed by atoms with E-state index in [1.807, 2.05) is 24.3 Å². The molecule has 3 aromatic rings. The maximum atomic E-state index is 5.69. The minimum atomic E-state index is 0. The van der Waals surface area contributed by atoms with Gasteiger partial charge in [-0.25, -0.2) is 0 Å². The fourth-order valence-corrected chi connectivity index (χ4v) is 4.14. The van der Waals surface area contributed by atoms with Crippen LogP contribution in [0, 0.1) is 0 Å². The Balaban J connectivity index is 0.00000256. The third kappa shape index (κ3) is 4.40. The molecule has 5 heteroatoms. The topological polar surface area (TPSA) is 39.7 Å². The van der Waals surface area contributed by atoms with Crippen LogP contribution < -0.4 is 19.5 Å². The minimum Gasteiger partial charge on any atom is -0.497 e. The van der Waals surface area contributed by atoms with Gasteiger partial charge in [-0.2, -0.15) is 0 Å². The normalized spacial score (nSPS) is 15.0. The number of methoxy groups -OCH3 is 3. The van der Waals surface area contributed by atoms with Crippen molar-refractivity contribution >= 4 is 12.4 Å². The molecular weight excluding hydrogens is 398 g/mol. The van der Waals surface area contributed by atoms with E-state index in [0.29, 0.717) is 0 Å². The highest BCUT2D eigenvalue weighted by atomic mass is 35.5. The van der Waals surface area contributed by atoms with Crippen molar-refractivity contribution in [3.63, 3.8) is 0 Å². The highest BCUT2D eigenvalue weighted by Crippen LogP contribution is 2.37. The van der Waals surface area contributed by atoms with Gasteiger partial charge in [0.05, 0.1) is 21.3 Å².